The highest BCUT2D eigenvalue weighted by Gasteiger charge is 2.29. The Morgan fingerprint density at radius 3 is 2.57 bits per heavy atom. The Hall–Kier alpha value is -3.73. The number of aliphatic carboxylic acids is 1. The summed E-state index contributed by atoms with van der Waals surface area (Å²) in [4.78, 5) is 38.5. The van der Waals surface area contributed by atoms with Crippen molar-refractivity contribution >= 4 is 29.0 Å². The number of piperidine rings is 1. The Bertz CT molecular complexity index is 1150. The van der Waals surface area contributed by atoms with E-state index in [1.807, 2.05) is 22.8 Å². The fourth-order valence-electron chi connectivity index (χ4n) is 4.35. The molecule has 2 aromatic rings. The van der Waals surface area contributed by atoms with Gasteiger partial charge in [-0.15, -0.1) is 0 Å². The summed E-state index contributed by atoms with van der Waals surface area (Å²) in [6.07, 6.45) is 3.89. The number of pyridine rings is 1. The third-order valence-electron chi connectivity index (χ3n) is 6.31. The van der Waals surface area contributed by atoms with Crippen LogP contribution in [0.2, 0.25) is 0 Å². The number of hydrogen-bond donors (Lipinski definition) is 1. The zero-order valence-corrected chi connectivity index (χ0v) is 19.9. The Balaban J connectivity index is 1.49. The number of amidine groups is 1. The molecule has 1 atom stereocenters. The quantitative estimate of drug-likeness (QED) is 0.393. The number of carboxylic acid groups (broad SMARTS) is 1. The average Bonchev–Trinajstić information content (AvgIpc) is 2.85. The van der Waals surface area contributed by atoms with Crippen molar-refractivity contribution in [2.45, 2.75) is 19.4 Å². The topological polar surface area (TPSA) is 110 Å². The summed E-state index contributed by atoms with van der Waals surface area (Å²) in [5, 5.41) is 9.00. The second-order valence-corrected chi connectivity index (χ2v) is 8.49. The average molecular weight is 481 g/mol. The summed E-state index contributed by atoms with van der Waals surface area (Å²) in [6.45, 7) is 9.30. The maximum atomic E-state index is 14.6. The van der Waals surface area contributed by atoms with Crippen LogP contribution >= 0.6 is 0 Å². The monoisotopic (exact) mass is 480 g/mol. The van der Waals surface area contributed by atoms with Crippen LogP contribution in [-0.2, 0) is 4.79 Å². The van der Waals surface area contributed by atoms with Gasteiger partial charge in [0.05, 0.1) is 12.6 Å². The van der Waals surface area contributed by atoms with Gasteiger partial charge in [0.15, 0.2) is 11.7 Å². The molecule has 0 radical (unpaired) electrons. The first-order valence-corrected chi connectivity index (χ1v) is 11.5. The van der Waals surface area contributed by atoms with Gasteiger partial charge in [0.1, 0.15) is 5.82 Å². The predicted molar refractivity (Wildman–Crippen MR) is 133 cm³/mol. The van der Waals surface area contributed by atoms with E-state index in [1.165, 1.54) is 6.07 Å². The zero-order valence-electron chi connectivity index (χ0n) is 19.9. The molecule has 184 valence electrons. The number of hydrogen-bond acceptors (Lipinski definition) is 8. The van der Waals surface area contributed by atoms with Crippen LogP contribution in [0.3, 0.4) is 0 Å². The molecule has 11 heteroatoms. The molecule has 1 unspecified atom stereocenters. The van der Waals surface area contributed by atoms with Gasteiger partial charge in [-0.1, -0.05) is 6.58 Å². The summed E-state index contributed by atoms with van der Waals surface area (Å²) in [5.41, 5.74) is 2.36. The van der Waals surface area contributed by atoms with E-state index >= 15 is 0 Å². The summed E-state index contributed by atoms with van der Waals surface area (Å²) < 4.78 is 14.6. The Labute approximate surface area is 203 Å². The SMILES string of the molecule is C=C1/C(=N\C(=N/C)c2ncccn2)CCN(c2cc(N3CCN(CC(=O)O)CC3)cc(F)n2)C1C. The highest BCUT2D eigenvalue weighted by Crippen LogP contribution is 2.29. The molecular formula is C24H29FN8O2. The van der Waals surface area contributed by atoms with Crippen LogP contribution in [0.5, 0.6) is 0 Å². The van der Waals surface area contributed by atoms with Gasteiger partial charge in [0.2, 0.25) is 5.95 Å². The lowest BCUT2D eigenvalue weighted by atomic mass is 9.96. The molecule has 0 aromatic carbocycles. The summed E-state index contributed by atoms with van der Waals surface area (Å²) in [7, 11) is 1.65. The number of carboxylic acids is 1. The third kappa shape index (κ3) is 5.68. The largest absolute Gasteiger partial charge is 0.480 e. The first-order valence-electron chi connectivity index (χ1n) is 11.5. The van der Waals surface area contributed by atoms with Crippen LogP contribution in [-0.4, -0.2) is 94.8 Å². The minimum atomic E-state index is -0.841. The van der Waals surface area contributed by atoms with E-state index in [9.17, 15) is 9.18 Å². The van der Waals surface area contributed by atoms with Gasteiger partial charge in [-0.05, 0) is 18.6 Å². The number of halogens is 1. The van der Waals surface area contributed by atoms with Gasteiger partial charge in [-0.3, -0.25) is 14.7 Å². The number of piperazine rings is 1. The fourth-order valence-corrected chi connectivity index (χ4v) is 4.35. The molecule has 0 aliphatic carbocycles. The fraction of sp³-hybridized carbons (Fsp3) is 0.417. The highest BCUT2D eigenvalue weighted by molar-refractivity contribution is 6.12. The molecule has 10 nitrogen and oxygen atoms in total. The van der Waals surface area contributed by atoms with Crippen molar-refractivity contribution in [3.8, 4) is 0 Å². The Kier molecular flexibility index (Phi) is 7.45. The van der Waals surface area contributed by atoms with Crippen LogP contribution in [0.25, 0.3) is 0 Å². The maximum absolute atomic E-state index is 14.6. The molecular weight excluding hydrogens is 451 g/mol. The lowest BCUT2D eigenvalue weighted by Crippen LogP contribution is -2.48. The summed E-state index contributed by atoms with van der Waals surface area (Å²) >= 11 is 0. The van der Waals surface area contributed by atoms with E-state index in [1.54, 1.807) is 25.5 Å². The minimum absolute atomic E-state index is 0.0158. The van der Waals surface area contributed by atoms with E-state index in [2.05, 4.69) is 36.4 Å². The molecule has 2 fully saturated rings. The van der Waals surface area contributed by atoms with Gasteiger partial charge >= 0.3 is 5.97 Å². The smallest absolute Gasteiger partial charge is 0.317 e. The normalized spacial score (nSPS) is 21.0. The van der Waals surface area contributed by atoms with Crippen LogP contribution in [0.1, 0.15) is 19.2 Å². The molecule has 0 saturated carbocycles. The Morgan fingerprint density at radius 2 is 1.91 bits per heavy atom. The maximum Gasteiger partial charge on any atom is 0.317 e. The van der Waals surface area contributed by atoms with Crippen molar-refractivity contribution in [3.05, 3.63) is 54.5 Å². The Morgan fingerprint density at radius 1 is 1.20 bits per heavy atom. The van der Waals surface area contributed by atoms with E-state index in [0.29, 0.717) is 56.6 Å². The van der Waals surface area contributed by atoms with Crippen LogP contribution < -0.4 is 9.80 Å². The van der Waals surface area contributed by atoms with Gasteiger partial charge in [0.25, 0.3) is 0 Å². The number of aliphatic imine (C=N–C) groups is 2. The summed E-state index contributed by atoms with van der Waals surface area (Å²) in [6, 6.07) is 4.90. The molecule has 2 aromatic heterocycles. The molecule has 0 bridgehead atoms. The van der Waals surface area contributed by atoms with Crippen molar-refractivity contribution in [2.24, 2.45) is 9.98 Å². The molecule has 2 saturated heterocycles. The second-order valence-electron chi connectivity index (χ2n) is 8.49. The number of anilines is 2. The van der Waals surface area contributed by atoms with Gasteiger partial charge in [-0.2, -0.15) is 4.39 Å². The van der Waals surface area contributed by atoms with Crippen molar-refractivity contribution < 1.29 is 14.3 Å². The van der Waals surface area contributed by atoms with Gasteiger partial charge in [0, 0.05) is 82.1 Å². The number of aromatic nitrogens is 3. The van der Waals surface area contributed by atoms with Crippen molar-refractivity contribution in [1.29, 1.82) is 0 Å². The number of rotatable bonds is 5. The van der Waals surface area contributed by atoms with E-state index < -0.39 is 11.9 Å². The number of nitrogens with zero attached hydrogens (tertiary/aromatic N) is 8. The van der Waals surface area contributed by atoms with Crippen LogP contribution in [0.15, 0.2) is 52.7 Å². The van der Waals surface area contributed by atoms with E-state index in [-0.39, 0.29) is 12.6 Å². The first-order chi connectivity index (χ1) is 16.9. The van der Waals surface area contributed by atoms with E-state index in [4.69, 9.17) is 5.11 Å². The summed E-state index contributed by atoms with van der Waals surface area (Å²) in [5.74, 6) is 0.0354. The first kappa shape index (κ1) is 24.4. The lowest BCUT2D eigenvalue weighted by molar-refractivity contribution is -0.138. The number of carbonyl (C=O) groups is 1. The molecule has 4 rings (SSSR count). The predicted octanol–water partition coefficient (Wildman–Crippen LogP) is 1.89. The lowest BCUT2D eigenvalue weighted by Gasteiger charge is -2.38. The third-order valence-corrected chi connectivity index (χ3v) is 6.31. The molecule has 1 N–H and O–H groups in total. The standard InChI is InChI=1S/C24H29FN8O2/c1-16-17(2)33(8-5-19(16)29-23(26-3)24-27-6-4-7-28-24)21-14-18(13-20(25)30-21)32-11-9-31(10-12-32)15-22(34)35/h4,6-7,13-14,17H,1,5,8-12,15H2,2-3H3,(H,34,35)/b26-23-,29-19-. The zero-order chi connectivity index (χ0) is 24.9. The van der Waals surface area contributed by atoms with E-state index in [0.717, 1.165) is 17.0 Å². The highest BCUT2D eigenvalue weighted by atomic mass is 19.1. The molecule has 0 spiro atoms. The van der Waals surface area contributed by atoms with Gasteiger partial charge < -0.3 is 14.9 Å². The molecule has 2 aliphatic heterocycles. The van der Waals surface area contributed by atoms with Crippen LogP contribution in [0.4, 0.5) is 15.9 Å². The van der Waals surface area contributed by atoms with Crippen molar-refractivity contribution in [1.82, 2.24) is 19.9 Å². The molecule has 0 amide bonds. The second kappa shape index (κ2) is 10.7. The van der Waals surface area contributed by atoms with Crippen molar-refractivity contribution in [3.63, 3.8) is 0 Å². The minimum Gasteiger partial charge on any atom is -0.480 e. The molecule has 4 heterocycles. The van der Waals surface area contributed by atoms with Gasteiger partial charge in [-0.25, -0.2) is 19.9 Å². The van der Waals surface area contributed by atoms with Crippen LogP contribution in [0, 0.1) is 5.95 Å². The molecule has 35 heavy (non-hydrogen) atoms. The molecule has 2 aliphatic rings. The van der Waals surface area contributed by atoms with Crippen molar-refractivity contribution in [2.75, 3.05) is 56.1 Å².